The lowest BCUT2D eigenvalue weighted by Crippen LogP contribution is -2.41. The van der Waals surface area contributed by atoms with E-state index < -0.39 is 0 Å². The van der Waals surface area contributed by atoms with Crippen LogP contribution in [0.25, 0.3) is 0 Å². The topological polar surface area (TPSA) is 29.3 Å². The summed E-state index contributed by atoms with van der Waals surface area (Å²) < 4.78 is 0. The van der Waals surface area contributed by atoms with Crippen LogP contribution in [0.2, 0.25) is 0 Å². The average Bonchev–Trinajstić information content (AvgIpc) is 2.17. The Kier molecular flexibility index (Phi) is 8.04. The maximum atomic E-state index is 5.81. The third-order valence-corrected chi connectivity index (χ3v) is 3.10. The molecule has 0 aliphatic rings. The molecule has 0 fully saturated rings. The summed E-state index contributed by atoms with van der Waals surface area (Å²) in [5.74, 6) is 0.810. The molecule has 0 aromatic heterocycles. The molecule has 1 atom stereocenters. The highest BCUT2D eigenvalue weighted by Crippen LogP contribution is 2.17. The molecular formula is C14H32N2. The van der Waals surface area contributed by atoms with Gasteiger partial charge in [-0.15, -0.1) is 0 Å². The van der Waals surface area contributed by atoms with E-state index in [1.165, 1.54) is 32.4 Å². The minimum atomic E-state index is 0.251. The predicted molar refractivity (Wildman–Crippen MR) is 73.6 cm³/mol. The van der Waals surface area contributed by atoms with Gasteiger partial charge in [0, 0.05) is 13.1 Å². The Bertz CT molecular complexity index is 166. The minimum absolute atomic E-state index is 0.251. The molecule has 0 amide bonds. The molecule has 0 rings (SSSR count). The Morgan fingerprint density at radius 3 is 2.25 bits per heavy atom. The third kappa shape index (κ3) is 7.24. The number of hydrogen-bond acceptors (Lipinski definition) is 2. The summed E-state index contributed by atoms with van der Waals surface area (Å²) in [4.78, 5) is 2.59. The molecule has 2 N–H and O–H groups in total. The van der Waals surface area contributed by atoms with Crippen LogP contribution in [0.1, 0.15) is 53.9 Å². The predicted octanol–water partition coefficient (Wildman–Crippen LogP) is 3.12. The molecule has 0 aromatic carbocycles. The molecule has 1 unspecified atom stereocenters. The summed E-state index contributed by atoms with van der Waals surface area (Å²) in [5.41, 5.74) is 6.06. The van der Waals surface area contributed by atoms with Crippen LogP contribution in [0.5, 0.6) is 0 Å². The van der Waals surface area contributed by atoms with E-state index in [2.05, 4.69) is 39.5 Å². The highest BCUT2D eigenvalue weighted by Gasteiger charge is 2.20. The van der Waals surface area contributed by atoms with Crippen molar-refractivity contribution in [3.63, 3.8) is 0 Å². The highest BCUT2D eigenvalue weighted by atomic mass is 15.1. The lowest BCUT2D eigenvalue weighted by atomic mass is 9.92. The Morgan fingerprint density at radius 1 is 1.19 bits per heavy atom. The van der Waals surface area contributed by atoms with Crippen LogP contribution in [0, 0.1) is 11.3 Å². The zero-order chi connectivity index (χ0) is 12.6. The normalized spacial score (nSPS) is 14.4. The van der Waals surface area contributed by atoms with Gasteiger partial charge in [0.05, 0.1) is 0 Å². The first-order valence-electron chi connectivity index (χ1n) is 6.87. The quantitative estimate of drug-likeness (QED) is 0.657. The molecule has 0 aromatic rings. The fourth-order valence-corrected chi connectivity index (χ4v) is 2.25. The van der Waals surface area contributed by atoms with Gasteiger partial charge in [0.25, 0.3) is 0 Å². The Hall–Kier alpha value is -0.0800. The number of hydrogen-bond donors (Lipinski definition) is 1. The molecule has 2 heteroatoms. The average molecular weight is 228 g/mol. The van der Waals surface area contributed by atoms with Crippen LogP contribution in [-0.4, -0.2) is 31.1 Å². The maximum Gasteiger partial charge on any atom is 0.00449 e. The van der Waals surface area contributed by atoms with E-state index in [-0.39, 0.29) is 5.41 Å². The first kappa shape index (κ1) is 15.9. The maximum absolute atomic E-state index is 5.81. The number of nitrogens with two attached hydrogens (primary N) is 1. The van der Waals surface area contributed by atoms with E-state index in [9.17, 15) is 0 Å². The van der Waals surface area contributed by atoms with E-state index in [1.807, 2.05) is 0 Å². The van der Waals surface area contributed by atoms with Crippen molar-refractivity contribution in [1.29, 1.82) is 0 Å². The van der Waals surface area contributed by atoms with Crippen molar-refractivity contribution in [2.75, 3.05) is 26.2 Å². The number of rotatable bonds is 9. The minimum Gasteiger partial charge on any atom is -0.330 e. The van der Waals surface area contributed by atoms with Gasteiger partial charge < -0.3 is 10.6 Å². The van der Waals surface area contributed by atoms with Crippen LogP contribution >= 0.6 is 0 Å². The Labute approximate surface area is 103 Å². The molecule has 98 valence electrons. The summed E-state index contributed by atoms with van der Waals surface area (Å²) in [6.07, 6.45) is 3.87. The van der Waals surface area contributed by atoms with Gasteiger partial charge in [-0.05, 0) is 37.3 Å². The fraction of sp³-hybridized carbons (Fsp3) is 1.00. The molecule has 0 radical (unpaired) electrons. The molecule has 0 spiro atoms. The summed E-state index contributed by atoms with van der Waals surface area (Å²) in [6, 6.07) is 0. The first-order chi connectivity index (χ1) is 7.45. The van der Waals surface area contributed by atoms with E-state index in [0.717, 1.165) is 19.0 Å². The monoisotopic (exact) mass is 228 g/mol. The molecule has 0 saturated carbocycles. The molecule has 2 nitrogen and oxygen atoms in total. The van der Waals surface area contributed by atoms with Gasteiger partial charge in [0.2, 0.25) is 0 Å². The standard InChI is InChI=1S/C14H32N2/c1-6-8-13(3)10-16(9-7-2)12-14(4,5)11-15/h13H,6-12,15H2,1-5H3. The molecule has 0 saturated heterocycles. The number of nitrogens with zero attached hydrogens (tertiary/aromatic N) is 1. The van der Waals surface area contributed by atoms with E-state index >= 15 is 0 Å². The van der Waals surface area contributed by atoms with E-state index in [0.29, 0.717) is 0 Å². The highest BCUT2D eigenvalue weighted by molar-refractivity contribution is 4.75. The van der Waals surface area contributed by atoms with Crippen molar-refractivity contribution in [3.05, 3.63) is 0 Å². The molecule has 0 heterocycles. The largest absolute Gasteiger partial charge is 0.330 e. The Morgan fingerprint density at radius 2 is 1.81 bits per heavy atom. The fourth-order valence-electron chi connectivity index (χ4n) is 2.25. The lowest BCUT2D eigenvalue weighted by molar-refractivity contribution is 0.160. The second-order valence-corrected chi connectivity index (χ2v) is 6.00. The van der Waals surface area contributed by atoms with Gasteiger partial charge in [-0.1, -0.05) is 41.0 Å². The van der Waals surface area contributed by atoms with Gasteiger partial charge in [0.15, 0.2) is 0 Å². The van der Waals surface area contributed by atoms with Crippen LogP contribution in [-0.2, 0) is 0 Å². The third-order valence-electron chi connectivity index (χ3n) is 3.10. The first-order valence-corrected chi connectivity index (χ1v) is 6.87. The van der Waals surface area contributed by atoms with Gasteiger partial charge in [-0.3, -0.25) is 0 Å². The van der Waals surface area contributed by atoms with Crippen LogP contribution < -0.4 is 5.73 Å². The van der Waals surface area contributed by atoms with Gasteiger partial charge in [-0.25, -0.2) is 0 Å². The van der Waals surface area contributed by atoms with Crippen LogP contribution in [0.15, 0.2) is 0 Å². The van der Waals surface area contributed by atoms with Crippen molar-refractivity contribution in [2.45, 2.75) is 53.9 Å². The summed E-state index contributed by atoms with van der Waals surface area (Å²) in [7, 11) is 0. The van der Waals surface area contributed by atoms with Crippen molar-refractivity contribution < 1.29 is 0 Å². The van der Waals surface area contributed by atoms with Gasteiger partial charge >= 0.3 is 0 Å². The van der Waals surface area contributed by atoms with Crippen molar-refractivity contribution >= 4 is 0 Å². The second-order valence-electron chi connectivity index (χ2n) is 6.00. The molecule has 0 bridgehead atoms. The van der Waals surface area contributed by atoms with Crippen LogP contribution in [0.3, 0.4) is 0 Å². The van der Waals surface area contributed by atoms with Crippen molar-refractivity contribution in [2.24, 2.45) is 17.1 Å². The summed E-state index contributed by atoms with van der Waals surface area (Å²) >= 11 is 0. The second kappa shape index (κ2) is 8.08. The van der Waals surface area contributed by atoms with Gasteiger partial charge in [0.1, 0.15) is 0 Å². The molecule has 0 aliphatic carbocycles. The van der Waals surface area contributed by atoms with E-state index in [4.69, 9.17) is 5.73 Å². The van der Waals surface area contributed by atoms with Crippen LogP contribution in [0.4, 0.5) is 0 Å². The zero-order valence-corrected chi connectivity index (χ0v) is 12.1. The molecular weight excluding hydrogens is 196 g/mol. The van der Waals surface area contributed by atoms with E-state index in [1.54, 1.807) is 0 Å². The summed E-state index contributed by atoms with van der Waals surface area (Å²) in [6.45, 7) is 15.8. The Balaban J connectivity index is 4.15. The van der Waals surface area contributed by atoms with Crippen molar-refractivity contribution in [1.82, 2.24) is 4.90 Å². The van der Waals surface area contributed by atoms with Crippen molar-refractivity contribution in [3.8, 4) is 0 Å². The smallest absolute Gasteiger partial charge is 0.00449 e. The van der Waals surface area contributed by atoms with Gasteiger partial charge in [-0.2, -0.15) is 0 Å². The summed E-state index contributed by atoms with van der Waals surface area (Å²) in [5, 5.41) is 0. The SMILES string of the molecule is CCCC(C)CN(CCC)CC(C)(C)CN. The zero-order valence-electron chi connectivity index (χ0n) is 12.1. The molecule has 16 heavy (non-hydrogen) atoms. The lowest BCUT2D eigenvalue weighted by Gasteiger charge is -2.33. The molecule has 0 aliphatic heterocycles.